The predicted octanol–water partition coefficient (Wildman–Crippen LogP) is 3.33. The smallest absolute Gasteiger partial charge is 0.146 e. The fourth-order valence-corrected chi connectivity index (χ4v) is 2.90. The lowest BCUT2D eigenvalue weighted by atomic mass is 9.92. The second-order valence-electron chi connectivity index (χ2n) is 5.12. The predicted molar refractivity (Wildman–Crippen MR) is 72.2 cm³/mol. The lowest BCUT2D eigenvalue weighted by Crippen LogP contribution is -2.34. The molecule has 0 unspecified atom stereocenters. The average molecular weight is 251 g/mol. The molecule has 1 fully saturated rings. The molecule has 2 nitrogen and oxygen atoms in total. The zero-order valence-corrected chi connectivity index (χ0v) is 11.0. The van der Waals surface area contributed by atoms with Crippen LogP contribution in [0.5, 0.6) is 0 Å². The quantitative estimate of drug-likeness (QED) is 0.887. The third-order valence-electron chi connectivity index (χ3n) is 3.87. The minimum Gasteiger partial charge on any atom is -0.392 e. The highest BCUT2D eigenvalue weighted by Gasteiger charge is 2.22. The third-order valence-corrected chi connectivity index (χ3v) is 3.87. The second-order valence-corrected chi connectivity index (χ2v) is 5.12. The van der Waals surface area contributed by atoms with Gasteiger partial charge < -0.3 is 10.0 Å². The van der Waals surface area contributed by atoms with Crippen LogP contribution in [0.1, 0.15) is 38.2 Å². The van der Waals surface area contributed by atoms with E-state index in [4.69, 9.17) is 0 Å². The maximum absolute atomic E-state index is 13.9. The molecular formula is C15H22FNO. The molecule has 1 aliphatic heterocycles. The van der Waals surface area contributed by atoms with Crippen LogP contribution in [0.4, 0.5) is 10.1 Å². The number of piperidine rings is 1. The van der Waals surface area contributed by atoms with Crippen molar-refractivity contribution in [1.29, 1.82) is 0 Å². The molecule has 1 saturated heterocycles. The summed E-state index contributed by atoms with van der Waals surface area (Å²) in [6.07, 6.45) is 4.77. The van der Waals surface area contributed by atoms with Gasteiger partial charge in [0.05, 0.1) is 12.3 Å². The maximum Gasteiger partial charge on any atom is 0.146 e. The van der Waals surface area contributed by atoms with Crippen LogP contribution in [0.2, 0.25) is 0 Å². The standard InChI is InChI=1S/C15H22FNO/c1-2-4-12-7-9-17(10-8-12)15-13(11-18)5-3-6-14(15)16/h3,5-6,12,18H,2,4,7-11H2,1H3. The summed E-state index contributed by atoms with van der Waals surface area (Å²) in [7, 11) is 0. The molecule has 2 rings (SSSR count). The number of benzene rings is 1. The summed E-state index contributed by atoms with van der Waals surface area (Å²) in [5.74, 6) is 0.575. The number of aliphatic hydroxyl groups excluding tert-OH is 1. The van der Waals surface area contributed by atoms with Gasteiger partial charge in [-0.2, -0.15) is 0 Å². The summed E-state index contributed by atoms with van der Waals surface area (Å²) in [6, 6.07) is 4.94. The van der Waals surface area contributed by atoms with Crippen molar-refractivity contribution in [3.63, 3.8) is 0 Å². The van der Waals surface area contributed by atoms with Crippen molar-refractivity contribution in [1.82, 2.24) is 0 Å². The number of anilines is 1. The molecule has 1 N–H and O–H groups in total. The lowest BCUT2D eigenvalue weighted by Gasteiger charge is -2.34. The zero-order chi connectivity index (χ0) is 13.0. The van der Waals surface area contributed by atoms with Crippen LogP contribution in [0.25, 0.3) is 0 Å². The minimum atomic E-state index is -0.213. The van der Waals surface area contributed by atoms with E-state index in [0.717, 1.165) is 31.8 Å². The number of aliphatic hydroxyl groups is 1. The SMILES string of the molecule is CCCC1CCN(c2c(F)cccc2CO)CC1. The van der Waals surface area contributed by atoms with Gasteiger partial charge >= 0.3 is 0 Å². The van der Waals surface area contributed by atoms with Gasteiger partial charge in [-0.05, 0) is 24.8 Å². The van der Waals surface area contributed by atoms with E-state index >= 15 is 0 Å². The molecule has 0 atom stereocenters. The molecule has 3 heteroatoms. The summed E-state index contributed by atoms with van der Waals surface area (Å²) in [5, 5.41) is 9.32. The monoisotopic (exact) mass is 251 g/mol. The van der Waals surface area contributed by atoms with Crippen LogP contribution in [-0.4, -0.2) is 18.2 Å². The Morgan fingerprint density at radius 1 is 1.33 bits per heavy atom. The van der Waals surface area contributed by atoms with Gasteiger partial charge in [0.15, 0.2) is 0 Å². The van der Waals surface area contributed by atoms with Crippen molar-refractivity contribution in [2.24, 2.45) is 5.92 Å². The first-order chi connectivity index (χ1) is 8.76. The van der Waals surface area contributed by atoms with E-state index in [-0.39, 0.29) is 12.4 Å². The Morgan fingerprint density at radius 2 is 2.06 bits per heavy atom. The van der Waals surface area contributed by atoms with Crippen LogP contribution in [0.15, 0.2) is 18.2 Å². The van der Waals surface area contributed by atoms with E-state index in [1.54, 1.807) is 12.1 Å². The Labute approximate surface area is 108 Å². The van der Waals surface area contributed by atoms with Crippen molar-refractivity contribution >= 4 is 5.69 Å². The van der Waals surface area contributed by atoms with Crippen molar-refractivity contribution < 1.29 is 9.50 Å². The normalized spacial score (nSPS) is 17.2. The van der Waals surface area contributed by atoms with Crippen LogP contribution in [0, 0.1) is 11.7 Å². The van der Waals surface area contributed by atoms with Crippen LogP contribution in [-0.2, 0) is 6.61 Å². The van der Waals surface area contributed by atoms with Gasteiger partial charge in [0.1, 0.15) is 5.82 Å². The first kappa shape index (κ1) is 13.3. The molecule has 0 radical (unpaired) electrons. The molecular weight excluding hydrogens is 229 g/mol. The molecule has 1 aromatic rings. The first-order valence-corrected chi connectivity index (χ1v) is 6.89. The molecule has 18 heavy (non-hydrogen) atoms. The van der Waals surface area contributed by atoms with Gasteiger partial charge in [-0.25, -0.2) is 4.39 Å². The molecule has 0 saturated carbocycles. The molecule has 0 spiro atoms. The Bertz CT molecular complexity index is 386. The van der Waals surface area contributed by atoms with Crippen LogP contribution < -0.4 is 4.90 Å². The van der Waals surface area contributed by atoms with Crippen molar-refractivity contribution in [2.75, 3.05) is 18.0 Å². The fourth-order valence-electron chi connectivity index (χ4n) is 2.90. The molecule has 0 aliphatic carbocycles. The summed E-state index contributed by atoms with van der Waals surface area (Å²) in [5.41, 5.74) is 1.30. The highest BCUT2D eigenvalue weighted by atomic mass is 19.1. The van der Waals surface area contributed by atoms with Crippen molar-refractivity contribution in [3.8, 4) is 0 Å². The fraction of sp³-hybridized carbons (Fsp3) is 0.600. The van der Waals surface area contributed by atoms with Gasteiger partial charge in [0, 0.05) is 18.7 Å². The van der Waals surface area contributed by atoms with E-state index in [9.17, 15) is 9.50 Å². The Hall–Kier alpha value is -1.09. The Balaban J connectivity index is 2.09. The van der Waals surface area contributed by atoms with E-state index in [1.165, 1.54) is 18.9 Å². The van der Waals surface area contributed by atoms with Crippen LogP contribution in [0.3, 0.4) is 0 Å². The Kier molecular flexibility index (Phi) is 4.59. The van der Waals surface area contributed by atoms with E-state index in [2.05, 4.69) is 11.8 Å². The lowest BCUT2D eigenvalue weighted by molar-refractivity contribution is 0.280. The first-order valence-electron chi connectivity index (χ1n) is 6.89. The molecule has 1 heterocycles. The summed E-state index contributed by atoms with van der Waals surface area (Å²) >= 11 is 0. The third kappa shape index (κ3) is 2.83. The summed E-state index contributed by atoms with van der Waals surface area (Å²) < 4.78 is 13.9. The molecule has 0 aromatic heterocycles. The van der Waals surface area contributed by atoms with Gasteiger partial charge in [0.2, 0.25) is 0 Å². The topological polar surface area (TPSA) is 23.5 Å². The van der Waals surface area contributed by atoms with Gasteiger partial charge in [0.25, 0.3) is 0 Å². The second kappa shape index (κ2) is 6.19. The molecule has 100 valence electrons. The highest BCUT2D eigenvalue weighted by molar-refractivity contribution is 5.55. The summed E-state index contributed by atoms with van der Waals surface area (Å²) in [4.78, 5) is 2.09. The van der Waals surface area contributed by atoms with E-state index < -0.39 is 0 Å². The summed E-state index contributed by atoms with van der Waals surface area (Å²) in [6.45, 7) is 3.92. The van der Waals surface area contributed by atoms with E-state index in [1.807, 2.05) is 0 Å². The van der Waals surface area contributed by atoms with Gasteiger partial charge in [-0.3, -0.25) is 0 Å². The number of para-hydroxylation sites is 1. The molecule has 0 bridgehead atoms. The average Bonchev–Trinajstić information content (AvgIpc) is 2.40. The van der Waals surface area contributed by atoms with Gasteiger partial charge in [-0.15, -0.1) is 0 Å². The number of nitrogens with zero attached hydrogens (tertiary/aromatic N) is 1. The van der Waals surface area contributed by atoms with Crippen LogP contribution >= 0.6 is 0 Å². The highest BCUT2D eigenvalue weighted by Crippen LogP contribution is 2.30. The maximum atomic E-state index is 13.9. The van der Waals surface area contributed by atoms with Gasteiger partial charge in [-0.1, -0.05) is 31.9 Å². The van der Waals surface area contributed by atoms with E-state index in [0.29, 0.717) is 11.3 Å². The number of hydrogen-bond acceptors (Lipinski definition) is 2. The number of rotatable bonds is 4. The molecule has 0 amide bonds. The van der Waals surface area contributed by atoms with Crippen molar-refractivity contribution in [3.05, 3.63) is 29.6 Å². The minimum absolute atomic E-state index is 0.0953. The number of hydrogen-bond donors (Lipinski definition) is 1. The zero-order valence-electron chi connectivity index (χ0n) is 11.0. The molecule has 1 aromatic carbocycles. The Morgan fingerprint density at radius 3 is 2.67 bits per heavy atom. The largest absolute Gasteiger partial charge is 0.392 e. The molecule has 1 aliphatic rings. The van der Waals surface area contributed by atoms with Crippen molar-refractivity contribution in [2.45, 2.75) is 39.2 Å². The number of halogens is 1.